The van der Waals surface area contributed by atoms with Crippen molar-refractivity contribution in [2.24, 2.45) is 0 Å². The standard InChI is InChI=1S/C15H11ClFN3O2/c1-22-14-6-12-8(4-13(14)21)7-18-15(20-12)19-9-2-3-11(17)10(16)5-9/h2-7,21H,1H3,(H,18,19,20). The molecule has 0 aliphatic heterocycles. The Hall–Kier alpha value is -2.60. The number of hydrogen-bond acceptors (Lipinski definition) is 5. The van der Waals surface area contributed by atoms with Gasteiger partial charge in [0.15, 0.2) is 11.5 Å². The number of aromatic hydroxyl groups is 1. The average molecular weight is 320 g/mol. The molecule has 0 bridgehead atoms. The molecule has 0 aliphatic rings. The molecule has 0 saturated carbocycles. The molecule has 3 rings (SSSR count). The number of phenolic OH excluding ortho intramolecular Hbond substituents is 1. The van der Waals surface area contributed by atoms with Crippen LogP contribution in [0.25, 0.3) is 10.9 Å². The molecule has 0 atom stereocenters. The van der Waals surface area contributed by atoms with E-state index in [0.29, 0.717) is 28.3 Å². The average Bonchev–Trinajstić information content (AvgIpc) is 2.50. The Morgan fingerprint density at radius 2 is 2.09 bits per heavy atom. The first-order valence-electron chi connectivity index (χ1n) is 6.32. The van der Waals surface area contributed by atoms with Gasteiger partial charge in [-0.1, -0.05) is 11.6 Å². The van der Waals surface area contributed by atoms with Crippen molar-refractivity contribution in [3.63, 3.8) is 0 Å². The summed E-state index contributed by atoms with van der Waals surface area (Å²) < 4.78 is 18.2. The number of ether oxygens (including phenoxy) is 1. The van der Waals surface area contributed by atoms with Gasteiger partial charge < -0.3 is 15.2 Å². The molecule has 22 heavy (non-hydrogen) atoms. The smallest absolute Gasteiger partial charge is 0.227 e. The van der Waals surface area contributed by atoms with E-state index in [9.17, 15) is 9.50 Å². The maximum atomic E-state index is 13.1. The monoisotopic (exact) mass is 319 g/mol. The third kappa shape index (κ3) is 2.73. The molecule has 0 unspecified atom stereocenters. The zero-order valence-electron chi connectivity index (χ0n) is 11.5. The minimum atomic E-state index is -0.494. The van der Waals surface area contributed by atoms with E-state index in [0.717, 1.165) is 0 Å². The van der Waals surface area contributed by atoms with Crippen LogP contribution >= 0.6 is 11.6 Å². The number of fused-ring (bicyclic) bond motifs is 1. The van der Waals surface area contributed by atoms with Crippen LogP contribution < -0.4 is 10.1 Å². The molecule has 5 nitrogen and oxygen atoms in total. The van der Waals surface area contributed by atoms with Crippen LogP contribution in [0, 0.1) is 5.82 Å². The highest BCUT2D eigenvalue weighted by atomic mass is 35.5. The fraction of sp³-hybridized carbons (Fsp3) is 0.0667. The van der Waals surface area contributed by atoms with E-state index < -0.39 is 5.82 Å². The largest absolute Gasteiger partial charge is 0.504 e. The second-order valence-corrected chi connectivity index (χ2v) is 4.94. The lowest BCUT2D eigenvalue weighted by Crippen LogP contribution is -1.97. The number of methoxy groups -OCH3 is 1. The van der Waals surface area contributed by atoms with Crippen LogP contribution in [0.5, 0.6) is 11.5 Å². The number of anilines is 2. The topological polar surface area (TPSA) is 67.3 Å². The molecule has 0 amide bonds. The highest BCUT2D eigenvalue weighted by Gasteiger charge is 2.08. The van der Waals surface area contributed by atoms with Crippen LogP contribution in [0.15, 0.2) is 36.5 Å². The van der Waals surface area contributed by atoms with Crippen molar-refractivity contribution in [3.8, 4) is 11.5 Å². The summed E-state index contributed by atoms with van der Waals surface area (Å²) in [5.74, 6) is 0.168. The summed E-state index contributed by atoms with van der Waals surface area (Å²) in [6.45, 7) is 0. The van der Waals surface area contributed by atoms with E-state index in [1.54, 1.807) is 12.3 Å². The quantitative estimate of drug-likeness (QED) is 0.767. The van der Waals surface area contributed by atoms with Gasteiger partial charge in [-0.15, -0.1) is 0 Å². The summed E-state index contributed by atoms with van der Waals surface area (Å²) >= 11 is 5.73. The first kappa shape index (κ1) is 14.3. The third-order valence-corrected chi connectivity index (χ3v) is 3.35. The van der Waals surface area contributed by atoms with Crippen LogP contribution in [0.2, 0.25) is 5.02 Å². The van der Waals surface area contributed by atoms with Crippen molar-refractivity contribution < 1.29 is 14.2 Å². The molecule has 112 valence electrons. The highest BCUT2D eigenvalue weighted by molar-refractivity contribution is 6.31. The molecule has 0 saturated heterocycles. The number of rotatable bonds is 3. The van der Waals surface area contributed by atoms with Gasteiger partial charge in [-0.3, -0.25) is 0 Å². The predicted octanol–water partition coefficient (Wildman–Crippen LogP) is 3.88. The van der Waals surface area contributed by atoms with Crippen LogP contribution in [-0.2, 0) is 0 Å². The van der Waals surface area contributed by atoms with Crippen molar-refractivity contribution >= 4 is 34.1 Å². The van der Waals surface area contributed by atoms with Crippen molar-refractivity contribution in [1.29, 1.82) is 0 Å². The SMILES string of the molecule is COc1cc2nc(Nc3ccc(F)c(Cl)c3)ncc2cc1O. The molecule has 1 aromatic heterocycles. The van der Waals surface area contributed by atoms with Gasteiger partial charge in [0.1, 0.15) is 5.82 Å². The van der Waals surface area contributed by atoms with Gasteiger partial charge in [0.05, 0.1) is 17.6 Å². The fourth-order valence-electron chi connectivity index (χ4n) is 1.97. The normalized spacial score (nSPS) is 10.7. The summed E-state index contributed by atoms with van der Waals surface area (Å²) in [7, 11) is 1.46. The number of nitrogens with zero attached hydrogens (tertiary/aromatic N) is 2. The van der Waals surface area contributed by atoms with E-state index in [1.165, 1.54) is 31.4 Å². The van der Waals surface area contributed by atoms with Gasteiger partial charge in [0.2, 0.25) is 5.95 Å². The Bertz CT molecular complexity index is 858. The number of hydrogen-bond donors (Lipinski definition) is 2. The highest BCUT2D eigenvalue weighted by Crippen LogP contribution is 2.30. The van der Waals surface area contributed by atoms with Crippen molar-refractivity contribution in [3.05, 3.63) is 47.4 Å². The first-order chi connectivity index (χ1) is 10.6. The zero-order valence-corrected chi connectivity index (χ0v) is 12.2. The van der Waals surface area contributed by atoms with Crippen LogP contribution in [0.4, 0.5) is 16.0 Å². The number of halogens is 2. The molecule has 0 spiro atoms. The summed E-state index contributed by atoms with van der Waals surface area (Å²) in [4.78, 5) is 8.46. The zero-order chi connectivity index (χ0) is 15.7. The Kier molecular flexibility index (Phi) is 3.68. The molecule has 1 heterocycles. The number of phenols is 1. The van der Waals surface area contributed by atoms with E-state index in [-0.39, 0.29) is 10.8 Å². The van der Waals surface area contributed by atoms with E-state index in [2.05, 4.69) is 15.3 Å². The van der Waals surface area contributed by atoms with Gasteiger partial charge in [0.25, 0.3) is 0 Å². The fourth-order valence-corrected chi connectivity index (χ4v) is 2.15. The maximum absolute atomic E-state index is 13.1. The number of benzene rings is 2. The van der Waals surface area contributed by atoms with E-state index >= 15 is 0 Å². The lowest BCUT2D eigenvalue weighted by molar-refractivity contribution is 0.374. The van der Waals surface area contributed by atoms with Crippen LogP contribution in [0.1, 0.15) is 0 Å². The van der Waals surface area contributed by atoms with E-state index in [4.69, 9.17) is 16.3 Å². The minimum Gasteiger partial charge on any atom is -0.504 e. The lowest BCUT2D eigenvalue weighted by atomic mass is 10.2. The Labute approximate surface area is 130 Å². The number of nitrogens with one attached hydrogen (secondary N) is 1. The molecule has 7 heteroatoms. The summed E-state index contributed by atoms with van der Waals surface area (Å²) in [6.07, 6.45) is 1.56. The summed E-state index contributed by atoms with van der Waals surface area (Å²) in [5.41, 5.74) is 1.16. The number of aromatic nitrogens is 2. The molecular weight excluding hydrogens is 309 g/mol. The van der Waals surface area contributed by atoms with Gasteiger partial charge >= 0.3 is 0 Å². The Balaban J connectivity index is 1.97. The molecule has 0 aliphatic carbocycles. The molecule has 3 aromatic rings. The van der Waals surface area contributed by atoms with Gasteiger partial charge in [0, 0.05) is 23.3 Å². The van der Waals surface area contributed by atoms with Crippen molar-refractivity contribution in [2.75, 3.05) is 12.4 Å². The van der Waals surface area contributed by atoms with Crippen molar-refractivity contribution in [1.82, 2.24) is 9.97 Å². The Morgan fingerprint density at radius 1 is 1.27 bits per heavy atom. The predicted molar refractivity (Wildman–Crippen MR) is 82.4 cm³/mol. The van der Waals surface area contributed by atoms with Crippen molar-refractivity contribution in [2.45, 2.75) is 0 Å². The second-order valence-electron chi connectivity index (χ2n) is 4.53. The van der Waals surface area contributed by atoms with Crippen LogP contribution in [-0.4, -0.2) is 22.2 Å². The molecule has 2 N–H and O–H groups in total. The lowest BCUT2D eigenvalue weighted by Gasteiger charge is -2.08. The molecular formula is C15H11ClFN3O2. The summed E-state index contributed by atoms with van der Waals surface area (Å²) in [5, 5.41) is 13.3. The summed E-state index contributed by atoms with van der Waals surface area (Å²) in [6, 6.07) is 7.36. The molecule has 0 fully saturated rings. The van der Waals surface area contributed by atoms with Gasteiger partial charge in [-0.25, -0.2) is 14.4 Å². The second kappa shape index (κ2) is 5.65. The molecule has 2 aromatic carbocycles. The van der Waals surface area contributed by atoms with E-state index in [1.807, 2.05) is 0 Å². The minimum absolute atomic E-state index is 0.0115. The van der Waals surface area contributed by atoms with Gasteiger partial charge in [-0.05, 0) is 24.3 Å². The first-order valence-corrected chi connectivity index (χ1v) is 6.70. The van der Waals surface area contributed by atoms with Gasteiger partial charge in [-0.2, -0.15) is 0 Å². The maximum Gasteiger partial charge on any atom is 0.227 e. The van der Waals surface area contributed by atoms with Crippen LogP contribution in [0.3, 0.4) is 0 Å². The third-order valence-electron chi connectivity index (χ3n) is 3.06. The Morgan fingerprint density at radius 3 is 2.82 bits per heavy atom. The molecule has 0 radical (unpaired) electrons.